The lowest BCUT2D eigenvalue weighted by atomic mass is 10.3. The van der Waals surface area contributed by atoms with Crippen LogP contribution in [-0.4, -0.2) is 19.6 Å². The van der Waals surface area contributed by atoms with E-state index in [-0.39, 0.29) is 12.5 Å². The summed E-state index contributed by atoms with van der Waals surface area (Å²) in [6, 6.07) is 12.3. The SMILES string of the molecule is COc1cccc(NC(=O)COc2ccc(Br)cc2Cl)c1. The number of halogens is 2. The molecule has 0 fully saturated rings. The number of ether oxygens (including phenoxy) is 2. The molecule has 0 unspecified atom stereocenters. The van der Waals surface area contributed by atoms with Crippen LogP contribution in [0.5, 0.6) is 11.5 Å². The molecule has 0 aliphatic heterocycles. The summed E-state index contributed by atoms with van der Waals surface area (Å²) in [5, 5.41) is 3.16. The van der Waals surface area contributed by atoms with Crippen molar-refractivity contribution in [3.63, 3.8) is 0 Å². The van der Waals surface area contributed by atoms with Gasteiger partial charge >= 0.3 is 0 Å². The molecule has 0 saturated carbocycles. The normalized spacial score (nSPS) is 10.0. The highest BCUT2D eigenvalue weighted by molar-refractivity contribution is 9.10. The maximum Gasteiger partial charge on any atom is 0.262 e. The highest BCUT2D eigenvalue weighted by Crippen LogP contribution is 2.27. The number of benzene rings is 2. The Balaban J connectivity index is 1.92. The minimum absolute atomic E-state index is 0.126. The van der Waals surface area contributed by atoms with Crippen LogP contribution >= 0.6 is 27.5 Å². The first-order chi connectivity index (χ1) is 10.1. The fourth-order valence-electron chi connectivity index (χ4n) is 1.63. The second-order valence-electron chi connectivity index (χ2n) is 4.14. The predicted molar refractivity (Wildman–Crippen MR) is 86.3 cm³/mol. The molecule has 0 radical (unpaired) electrons. The zero-order chi connectivity index (χ0) is 15.2. The molecular weight excluding hydrogens is 358 g/mol. The van der Waals surface area contributed by atoms with Crippen molar-refractivity contribution < 1.29 is 14.3 Å². The van der Waals surface area contributed by atoms with E-state index in [9.17, 15) is 4.79 Å². The van der Waals surface area contributed by atoms with Gasteiger partial charge in [0.1, 0.15) is 11.5 Å². The predicted octanol–water partition coefficient (Wildman–Crippen LogP) is 4.13. The van der Waals surface area contributed by atoms with Crippen LogP contribution in [0.4, 0.5) is 5.69 Å². The first-order valence-corrected chi connectivity index (χ1v) is 7.27. The average molecular weight is 371 g/mol. The van der Waals surface area contributed by atoms with Crippen molar-refractivity contribution >= 4 is 39.1 Å². The number of rotatable bonds is 5. The molecular formula is C15H13BrClNO3. The number of amides is 1. The lowest BCUT2D eigenvalue weighted by molar-refractivity contribution is -0.118. The molecule has 0 aliphatic rings. The van der Waals surface area contributed by atoms with Gasteiger partial charge in [0, 0.05) is 16.2 Å². The average Bonchev–Trinajstić information content (AvgIpc) is 2.46. The Bertz CT molecular complexity index is 649. The van der Waals surface area contributed by atoms with E-state index in [1.54, 1.807) is 49.6 Å². The van der Waals surface area contributed by atoms with Gasteiger partial charge in [-0.2, -0.15) is 0 Å². The van der Waals surface area contributed by atoms with Crippen molar-refractivity contribution in [2.24, 2.45) is 0 Å². The number of hydrogen-bond acceptors (Lipinski definition) is 3. The number of anilines is 1. The van der Waals surface area contributed by atoms with E-state index < -0.39 is 0 Å². The zero-order valence-corrected chi connectivity index (χ0v) is 13.6. The van der Waals surface area contributed by atoms with Crippen LogP contribution in [0.2, 0.25) is 5.02 Å². The van der Waals surface area contributed by atoms with E-state index in [1.165, 1.54) is 0 Å². The van der Waals surface area contributed by atoms with Gasteiger partial charge in [0.15, 0.2) is 6.61 Å². The van der Waals surface area contributed by atoms with Gasteiger partial charge in [-0.3, -0.25) is 4.79 Å². The monoisotopic (exact) mass is 369 g/mol. The lowest BCUT2D eigenvalue weighted by Crippen LogP contribution is -2.20. The van der Waals surface area contributed by atoms with E-state index in [2.05, 4.69) is 21.2 Å². The van der Waals surface area contributed by atoms with Gasteiger partial charge in [0.2, 0.25) is 0 Å². The van der Waals surface area contributed by atoms with Gasteiger partial charge in [-0.15, -0.1) is 0 Å². The first kappa shape index (κ1) is 15.7. The van der Waals surface area contributed by atoms with E-state index in [0.717, 1.165) is 4.47 Å². The third-order valence-electron chi connectivity index (χ3n) is 2.61. The fourth-order valence-corrected chi connectivity index (χ4v) is 2.36. The summed E-state index contributed by atoms with van der Waals surface area (Å²) in [5.41, 5.74) is 0.643. The lowest BCUT2D eigenvalue weighted by Gasteiger charge is -2.09. The Hall–Kier alpha value is -1.72. The summed E-state index contributed by atoms with van der Waals surface area (Å²) in [6.07, 6.45) is 0. The van der Waals surface area contributed by atoms with Crippen LogP contribution < -0.4 is 14.8 Å². The zero-order valence-electron chi connectivity index (χ0n) is 11.2. The Morgan fingerprint density at radius 3 is 2.81 bits per heavy atom. The van der Waals surface area contributed by atoms with E-state index >= 15 is 0 Å². The molecule has 0 atom stereocenters. The van der Waals surface area contributed by atoms with Crippen LogP contribution in [0, 0.1) is 0 Å². The van der Waals surface area contributed by atoms with Gasteiger partial charge in [-0.25, -0.2) is 0 Å². The molecule has 110 valence electrons. The van der Waals surface area contributed by atoms with Crippen molar-refractivity contribution in [3.05, 3.63) is 52.0 Å². The third kappa shape index (κ3) is 4.65. The largest absolute Gasteiger partial charge is 0.497 e. The summed E-state index contributed by atoms with van der Waals surface area (Å²) in [7, 11) is 1.57. The standard InChI is InChI=1S/C15H13BrClNO3/c1-20-12-4-2-3-11(8-12)18-15(19)9-21-14-6-5-10(16)7-13(14)17/h2-8H,9H2,1H3,(H,18,19). The van der Waals surface area contributed by atoms with Crippen molar-refractivity contribution in [1.82, 2.24) is 0 Å². The molecule has 0 heterocycles. The van der Waals surface area contributed by atoms with Crippen LogP contribution in [-0.2, 0) is 4.79 Å². The highest BCUT2D eigenvalue weighted by Gasteiger charge is 2.07. The summed E-state index contributed by atoms with van der Waals surface area (Å²) < 4.78 is 11.3. The van der Waals surface area contributed by atoms with E-state index in [0.29, 0.717) is 22.2 Å². The summed E-state index contributed by atoms with van der Waals surface area (Å²) in [6.45, 7) is -0.126. The number of methoxy groups -OCH3 is 1. The summed E-state index contributed by atoms with van der Waals surface area (Å²) in [4.78, 5) is 11.8. The fraction of sp³-hybridized carbons (Fsp3) is 0.133. The van der Waals surface area contributed by atoms with E-state index in [1.807, 2.05) is 0 Å². The van der Waals surface area contributed by atoms with Gasteiger partial charge in [0.25, 0.3) is 5.91 Å². The summed E-state index contributed by atoms with van der Waals surface area (Å²) >= 11 is 9.31. The number of nitrogens with one attached hydrogen (secondary N) is 1. The topological polar surface area (TPSA) is 47.6 Å². The van der Waals surface area contributed by atoms with Gasteiger partial charge in [0.05, 0.1) is 12.1 Å². The second-order valence-corrected chi connectivity index (χ2v) is 5.47. The van der Waals surface area contributed by atoms with Crippen LogP contribution in [0.15, 0.2) is 46.9 Å². The molecule has 1 N–H and O–H groups in total. The van der Waals surface area contributed by atoms with Crippen molar-refractivity contribution in [2.75, 3.05) is 19.0 Å². The molecule has 2 aromatic carbocycles. The molecule has 6 heteroatoms. The maximum absolute atomic E-state index is 11.8. The maximum atomic E-state index is 11.8. The summed E-state index contributed by atoms with van der Waals surface area (Å²) in [5.74, 6) is 0.854. The molecule has 0 spiro atoms. The number of hydrogen-bond donors (Lipinski definition) is 1. The smallest absolute Gasteiger partial charge is 0.262 e. The van der Waals surface area contributed by atoms with Gasteiger partial charge in [-0.05, 0) is 30.3 Å². The Kier molecular flexibility index (Phi) is 5.47. The first-order valence-electron chi connectivity index (χ1n) is 6.10. The third-order valence-corrected chi connectivity index (χ3v) is 3.39. The highest BCUT2D eigenvalue weighted by atomic mass is 79.9. The Labute approximate surface area is 136 Å². The molecule has 1 amide bonds. The van der Waals surface area contributed by atoms with Crippen LogP contribution in [0.3, 0.4) is 0 Å². The van der Waals surface area contributed by atoms with Gasteiger partial charge in [-0.1, -0.05) is 33.6 Å². The van der Waals surface area contributed by atoms with Crippen molar-refractivity contribution in [3.8, 4) is 11.5 Å². The molecule has 2 rings (SSSR count). The van der Waals surface area contributed by atoms with Crippen LogP contribution in [0.1, 0.15) is 0 Å². The molecule has 0 aromatic heterocycles. The quantitative estimate of drug-likeness (QED) is 0.861. The Morgan fingerprint density at radius 2 is 2.10 bits per heavy atom. The minimum Gasteiger partial charge on any atom is -0.497 e. The van der Waals surface area contributed by atoms with Crippen LogP contribution in [0.25, 0.3) is 0 Å². The number of carbonyl (C=O) groups is 1. The molecule has 2 aromatic rings. The molecule has 0 saturated heterocycles. The Morgan fingerprint density at radius 1 is 1.29 bits per heavy atom. The second kappa shape index (κ2) is 7.33. The number of carbonyl (C=O) groups excluding carboxylic acids is 1. The molecule has 0 aliphatic carbocycles. The molecule has 0 bridgehead atoms. The van der Waals surface area contributed by atoms with Gasteiger partial charge < -0.3 is 14.8 Å². The van der Waals surface area contributed by atoms with E-state index in [4.69, 9.17) is 21.1 Å². The molecule has 21 heavy (non-hydrogen) atoms. The molecule has 4 nitrogen and oxygen atoms in total. The van der Waals surface area contributed by atoms with Crippen molar-refractivity contribution in [1.29, 1.82) is 0 Å². The van der Waals surface area contributed by atoms with Crippen molar-refractivity contribution in [2.45, 2.75) is 0 Å². The minimum atomic E-state index is -0.276.